The van der Waals surface area contributed by atoms with Crippen LogP contribution in [0.15, 0.2) is 18.2 Å². The fourth-order valence-corrected chi connectivity index (χ4v) is 1.42. The molecule has 0 aliphatic rings. The lowest BCUT2D eigenvalue weighted by Crippen LogP contribution is -2.30. The van der Waals surface area contributed by atoms with E-state index >= 15 is 0 Å². The molecule has 2 amide bonds. The van der Waals surface area contributed by atoms with Crippen molar-refractivity contribution in [3.8, 4) is 5.75 Å². The topological polar surface area (TPSA) is 111 Å². The first-order chi connectivity index (χ1) is 9.43. The number of methoxy groups -OCH3 is 1. The van der Waals surface area contributed by atoms with Crippen LogP contribution < -0.4 is 15.4 Å². The van der Waals surface area contributed by atoms with E-state index in [4.69, 9.17) is 4.74 Å². The van der Waals surface area contributed by atoms with Crippen molar-refractivity contribution in [2.75, 3.05) is 19.0 Å². The number of nitrogens with one attached hydrogen (secondary N) is 2. The van der Waals surface area contributed by atoms with Crippen LogP contribution in [0.3, 0.4) is 0 Å². The number of nitro benzene ring substituents is 1. The molecule has 0 aromatic heterocycles. The minimum Gasteiger partial charge on any atom is -0.494 e. The molecule has 108 valence electrons. The molecule has 1 aromatic carbocycles. The standard InChI is InChI=1S/C12H15N3O5/c1-8(16)5-6-13-12(17)14-10-4-3-9(15(18)19)7-11(10)20-2/h3-4,7H,5-6H2,1-2H3,(H2,13,14,17). The van der Waals surface area contributed by atoms with Crippen molar-refractivity contribution in [3.63, 3.8) is 0 Å². The molecule has 0 saturated heterocycles. The van der Waals surface area contributed by atoms with Gasteiger partial charge in [0, 0.05) is 19.0 Å². The molecule has 0 bridgehead atoms. The number of ketones is 1. The molecule has 8 heteroatoms. The number of carbonyl (C=O) groups excluding carboxylic acids is 2. The molecule has 20 heavy (non-hydrogen) atoms. The Labute approximate surface area is 115 Å². The highest BCUT2D eigenvalue weighted by molar-refractivity contribution is 5.91. The maximum atomic E-state index is 11.6. The lowest BCUT2D eigenvalue weighted by molar-refractivity contribution is -0.384. The third-order valence-electron chi connectivity index (χ3n) is 2.41. The summed E-state index contributed by atoms with van der Waals surface area (Å²) < 4.78 is 4.98. The predicted octanol–water partition coefficient (Wildman–Crippen LogP) is 1.70. The molecule has 0 atom stereocenters. The summed E-state index contributed by atoms with van der Waals surface area (Å²) in [5.41, 5.74) is 0.169. The molecule has 0 radical (unpaired) electrons. The van der Waals surface area contributed by atoms with Crippen LogP contribution in [0.5, 0.6) is 5.75 Å². The van der Waals surface area contributed by atoms with E-state index in [1.807, 2.05) is 0 Å². The molecular formula is C12H15N3O5. The Morgan fingerprint density at radius 1 is 1.40 bits per heavy atom. The van der Waals surface area contributed by atoms with Crippen molar-refractivity contribution < 1.29 is 19.2 Å². The number of urea groups is 1. The monoisotopic (exact) mass is 281 g/mol. The Morgan fingerprint density at radius 3 is 2.65 bits per heavy atom. The van der Waals surface area contributed by atoms with Gasteiger partial charge in [-0.25, -0.2) is 4.79 Å². The van der Waals surface area contributed by atoms with Crippen molar-refractivity contribution in [1.29, 1.82) is 0 Å². The highest BCUT2D eigenvalue weighted by atomic mass is 16.6. The van der Waals surface area contributed by atoms with E-state index in [0.717, 1.165) is 0 Å². The SMILES string of the molecule is COc1cc([N+](=O)[O-])ccc1NC(=O)NCCC(C)=O. The van der Waals surface area contributed by atoms with E-state index in [1.165, 1.54) is 32.2 Å². The van der Waals surface area contributed by atoms with E-state index in [1.54, 1.807) is 0 Å². The zero-order chi connectivity index (χ0) is 15.1. The summed E-state index contributed by atoms with van der Waals surface area (Å²) in [5.74, 6) is 0.152. The van der Waals surface area contributed by atoms with E-state index in [-0.39, 0.29) is 30.2 Å². The van der Waals surface area contributed by atoms with Gasteiger partial charge >= 0.3 is 6.03 Å². The fraction of sp³-hybridized carbons (Fsp3) is 0.333. The average Bonchev–Trinajstić information content (AvgIpc) is 2.38. The fourth-order valence-electron chi connectivity index (χ4n) is 1.42. The van der Waals surface area contributed by atoms with Crippen LogP contribution >= 0.6 is 0 Å². The van der Waals surface area contributed by atoms with E-state index in [2.05, 4.69) is 10.6 Å². The third kappa shape index (κ3) is 4.56. The lowest BCUT2D eigenvalue weighted by atomic mass is 10.2. The number of Topliss-reactive ketones (excluding diaryl/α,β-unsaturated/α-hetero) is 1. The predicted molar refractivity (Wildman–Crippen MR) is 72.0 cm³/mol. The lowest BCUT2D eigenvalue weighted by Gasteiger charge is -2.10. The van der Waals surface area contributed by atoms with Crippen molar-refractivity contribution in [2.24, 2.45) is 0 Å². The molecule has 0 unspecified atom stereocenters. The second kappa shape index (κ2) is 7.07. The van der Waals surface area contributed by atoms with Gasteiger partial charge in [0.1, 0.15) is 11.5 Å². The molecule has 1 rings (SSSR count). The maximum absolute atomic E-state index is 11.6. The first kappa shape index (κ1) is 15.4. The molecule has 2 N–H and O–H groups in total. The van der Waals surface area contributed by atoms with Crippen LogP contribution in [-0.4, -0.2) is 30.4 Å². The number of benzene rings is 1. The van der Waals surface area contributed by atoms with Gasteiger partial charge in [-0.1, -0.05) is 0 Å². The Kier molecular flexibility index (Phi) is 5.45. The summed E-state index contributed by atoms with van der Waals surface area (Å²) in [6.45, 7) is 1.65. The van der Waals surface area contributed by atoms with E-state index in [9.17, 15) is 19.7 Å². The molecule has 8 nitrogen and oxygen atoms in total. The van der Waals surface area contributed by atoms with Crippen LogP contribution in [-0.2, 0) is 4.79 Å². The number of rotatable bonds is 6. The summed E-state index contributed by atoms with van der Waals surface area (Å²) in [5, 5.41) is 15.6. The van der Waals surface area contributed by atoms with Gasteiger partial charge in [-0.15, -0.1) is 0 Å². The summed E-state index contributed by atoms with van der Waals surface area (Å²) in [7, 11) is 1.35. The van der Waals surface area contributed by atoms with Gasteiger partial charge in [-0.05, 0) is 13.0 Å². The molecule has 1 aromatic rings. The van der Waals surface area contributed by atoms with Gasteiger partial charge in [0.25, 0.3) is 5.69 Å². The van der Waals surface area contributed by atoms with Crippen LogP contribution in [0, 0.1) is 10.1 Å². The Balaban J connectivity index is 2.69. The summed E-state index contributed by atoms with van der Waals surface area (Å²) >= 11 is 0. The number of nitrogens with zero attached hydrogens (tertiary/aromatic N) is 1. The van der Waals surface area contributed by atoms with Gasteiger partial charge < -0.3 is 15.4 Å². The average molecular weight is 281 g/mol. The Hall–Kier alpha value is -2.64. The third-order valence-corrected chi connectivity index (χ3v) is 2.41. The summed E-state index contributed by atoms with van der Waals surface area (Å²) in [4.78, 5) is 32.4. The van der Waals surface area contributed by atoms with E-state index in [0.29, 0.717) is 5.69 Å². The number of hydrogen-bond donors (Lipinski definition) is 2. The van der Waals surface area contributed by atoms with Crippen molar-refractivity contribution in [1.82, 2.24) is 5.32 Å². The molecule has 0 aliphatic heterocycles. The largest absolute Gasteiger partial charge is 0.494 e. The number of hydrogen-bond acceptors (Lipinski definition) is 5. The Bertz CT molecular complexity index is 530. The highest BCUT2D eigenvalue weighted by Crippen LogP contribution is 2.28. The zero-order valence-electron chi connectivity index (χ0n) is 11.1. The molecule has 0 saturated carbocycles. The second-order valence-corrected chi connectivity index (χ2v) is 3.97. The molecule has 0 spiro atoms. The van der Waals surface area contributed by atoms with Gasteiger partial charge in [0.15, 0.2) is 0 Å². The summed E-state index contributed by atoms with van der Waals surface area (Å²) in [6.07, 6.45) is 0.241. The van der Waals surface area contributed by atoms with Crippen molar-refractivity contribution >= 4 is 23.2 Å². The van der Waals surface area contributed by atoms with Gasteiger partial charge in [-0.2, -0.15) is 0 Å². The van der Waals surface area contributed by atoms with Gasteiger partial charge in [0.2, 0.25) is 0 Å². The number of non-ortho nitro benzene ring substituents is 1. The normalized spacial score (nSPS) is 9.70. The number of amides is 2. The van der Waals surface area contributed by atoms with Crippen molar-refractivity contribution in [2.45, 2.75) is 13.3 Å². The number of nitro groups is 1. The molecule has 0 fully saturated rings. The molecular weight excluding hydrogens is 266 g/mol. The first-order valence-electron chi connectivity index (χ1n) is 5.80. The quantitative estimate of drug-likeness (QED) is 0.609. The first-order valence-corrected chi connectivity index (χ1v) is 5.80. The van der Waals surface area contributed by atoms with Gasteiger partial charge in [0.05, 0.1) is 23.8 Å². The smallest absolute Gasteiger partial charge is 0.319 e. The number of anilines is 1. The maximum Gasteiger partial charge on any atom is 0.319 e. The van der Waals surface area contributed by atoms with Crippen molar-refractivity contribution in [3.05, 3.63) is 28.3 Å². The molecule has 0 heterocycles. The minimum atomic E-state index is -0.556. The second-order valence-electron chi connectivity index (χ2n) is 3.97. The van der Waals surface area contributed by atoms with E-state index < -0.39 is 11.0 Å². The van der Waals surface area contributed by atoms with Gasteiger partial charge in [-0.3, -0.25) is 14.9 Å². The van der Waals surface area contributed by atoms with Crippen LogP contribution in [0.4, 0.5) is 16.2 Å². The highest BCUT2D eigenvalue weighted by Gasteiger charge is 2.13. The number of ether oxygens (including phenoxy) is 1. The zero-order valence-corrected chi connectivity index (χ0v) is 11.1. The van der Waals surface area contributed by atoms with Crippen LogP contribution in [0.25, 0.3) is 0 Å². The van der Waals surface area contributed by atoms with Crippen LogP contribution in [0.1, 0.15) is 13.3 Å². The van der Waals surface area contributed by atoms with Crippen LogP contribution in [0.2, 0.25) is 0 Å². The molecule has 0 aliphatic carbocycles. The Morgan fingerprint density at radius 2 is 2.10 bits per heavy atom. The number of carbonyl (C=O) groups is 2. The minimum absolute atomic E-state index is 0.0294. The summed E-state index contributed by atoms with van der Waals surface area (Å²) in [6, 6.07) is 3.33.